The van der Waals surface area contributed by atoms with Gasteiger partial charge in [-0.15, -0.1) is 24.0 Å². The smallest absolute Gasteiger partial charge is 0.193 e. The fourth-order valence-electron chi connectivity index (χ4n) is 2.98. The number of anilines is 1. The minimum absolute atomic E-state index is 0. The second-order valence-electron chi connectivity index (χ2n) is 6.48. The summed E-state index contributed by atoms with van der Waals surface area (Å²) in [5, 5.41) is 3.04. The van der Waals surface area contributed by atoms with Gasteiger partial charge in [0.2, 0.25) is 0 Å². The molecule has 0 aliphatic carbocycles. The first-order chi connectivity index (χ1) is 14.5. The lowest BCUT2D eigenvalue weighted by Crippen LogP contribution is -2.23. The summed E-state index contributed by atoms with van der Waals surface area (Å²) in [6.07, 6.45) is 3.36. The number of nitrogens with one attached hydrogen (secondary N) is 1. The van der Waals surface area contributed by atoms with Crippen LogP contribution < -0.4 is 20.5 Å². The highest BCUT2D eigenvalue weighted by Gasteiger charge is 2.09. The van der Waals surface area contributed by atoms with Gasteiger partial charge in [-0.1, -0.05) is 6.07 Å². The SMILES string of the molecule is CCOc1ccc(OCC)c(NC(N)=NCc2ccc(-n3ccnc3C)c(F)c2)c1.I. The second kappa shape index (κ2) is 11.5. The molecule has 1 aromatic heterocycles. The Labute approximate surface area is 198 Å². The number of aryl methyl sites for hydroxylation is 1. The third-order valence-corrected chi connectivity index (χ3v) is 4.35. The monoisotopic (exact) mass is 539 g/mol. The standard InChI is InChI=1S/C22H26FN5O2.HI/c1-4-29-17-7-9-21(30-5-2)19(13-17)27-22(24)26-14-16-6-8-20(18(23)12-16)28-11-10-25-15(28)3;/h6-13H,4-5,14H2,1-3H3,(H3,24,26,27);1H. The van der Waals surface area contributed by atoms with Crippen LogP contribution in [0.15, 0.2) is 53.8 Å². The molecule has 9 heteroatoms. The molecule has 0 saturated heterocycles. The molecule has 31 heavy (non-hydrogen) atoms. The summed E-state index contributed by atoms with van der Waals surface area (Å²) in [6.45, 7) is 6.94. The van der Waals surface area contributed by atoms with Crippen LogP contribution >= 0.6 is 24.0 Å². The van der Waals surface area contributed by atoms with Crippen molar-refractivity contribution >= 4 is 35.6 Å². The largest absolute Gasteiger partial charge is 0.494 e. The molecule has 2 aromatic carbocycles. The molecule has 0 saturated carbocycles. The van der Waals surface area contributed by atoms with Crippen molar-refractivity contribution in [3.8, 4) is 17.2 Å². The van der Waals surface area contributed by atoms with E-state index >= 15 is 0 Å². The minimum atomic E-state index is -0.349. The van der Waals surface area contributed by atoms with Crippen LogP contribution in [0.4, 0.5) is 10.1 Å². The van der Waals surface area contributed by atoms with Crippen LogP contribution in [0.1, 0.15) is 25.2 Å². The first kappa shape index (κ1) is 24.4. The maximum Gasteiger partial charge on any atom is 0.193 e. The van der Waals surface area contributed by atoms with Gasteiger partial charge in [-0.05, 0) is 50.6 Å². The Balaban J connectivity index is 0.00000341. The first-order valence-electron chi connectivity index (χ1n) is 9.77. The number of hydrogen-bond acceptors (Lipinski definition) is 4. The first-order valence-corrected chi connectivity index (χ1v) is 9.77. The Bertz CT molecular complexity index is 1040. The number of nitrogens with zero attached hydrogens (tertiary/aromatic N) is 3. The fourth-order valence-corrected chi connectivity index (χ4v) is 2.98. The van der Waals surface area contributed by atoms with Crippen LogP contribution in [0.3, 0.4) is 0 Å². The van der Waals surface area contributed by atoms with E-state index in [1.807, 2.05) is 39.0 Å². The van der Waals surface area contributed by atoms with Crippen molar-refractivity contribution in [2.75, 3.05) is 18.5 Å². The molecule has 0 spiro atoms. The van der Waals surface area contributed by atoms with Crippen molar-refractivity contribution in [2.45, 2.75) is 27.3 Å². The van der Waals surface area contributed by atoms with E-state index in [0.29, 0.717) is 47.5 Å². The lowest BCUT2D eigenvalue weighted by molar-refractivity contribution is 0.332. The Morgan fingerprint density at radius 3 is 2.58 bits per heavy atom. The van der Waals surface area contributed by atoms with Gasteiger partial charge < -0.3 is 25.1 Å². The van der Waals surface area contributed by atoms with E-state index in [1.54, 1.807) is 29.1 Å². The van der Waals surface area contributed by atoms with Crippen molar-refractivity contribution in [3.63, 3.8) is 0 Å². The summed E-state index contributed by atoms with van der Waals surface area (Å²) in [4.78, 5) is 8.44. The summed E-state index contributed by atoms with van der Waals surface area (Å²) in [5.41, 5.74) is 7.84. The highest BCUT2D eigenvalue weighted by molar-refractivity contribution is 14.0. The number of nitrogens with two attached hydrogens (primary N) is 1. The summed E-state index contributed by atoms with van der Waals surface area (Å²) in [5.74, 6) is 1.90. The highest BCUT2D eigenvalue weighted by Crippen LogP contribution is 2.29. The molecule has 3 aromatic rings. The van der Waals surface area contributed by atoms with E-state index in [4.69, 9.17) is 15.2 Å². The van der Waals surface area contributed by atoms with E-state index < -0.39 is 0 Å². The van der Waals surface area contributed by atoms with Gasteiger partial charge in [-0.2, -0.15) is 0 Å². The lowest BCUT2D eigenvalue weighted by Gasteiger charge is -2.14. The van der Waals surface area contributed by atoms with Crippen molar-refractivity contribution in [1.29, 1.82) is 0 Å². The van der Waals surface area contributed by atoms with E-state index in [0.717, 1.165) is 0 Å². The zero-order valence-electron chi connectivity index (χ0n) is 17.8. The van der Waals surface area contributed by atoms with E-state index in [2.05, 4.69) is 15.3 Å². The number of hydrogen-bond donors (Lipinski definition) is 2. The minimum Gasteiger partial charge on any atom is -0.494 e. The number of aliphatic imine (C=N–C) groups is 1. The van der Waals surface area contributed by atoms with Crippen molar-refractivity contribution in [1.82, 2.24) is 9.55 Å². The summed E-state index contributed by atoms with van der Waals surface area (Å²) in [6, 6.07) is 10.4. The van der Waals surface area contributed by atoms with Gasteiger partial charge in [0, 0.05) is 18.5 Å². The van der Waals surface area contributed by atoms with Crippen molar-refractivity contribution in [2.24, 2.45) is 10.7 Å². The molecule has 0 bridgehead atoms. The molecule has 1 heterocycles. The van der Waals surface area contributed by atoms with Gasteiger partial charge in [-0.25, -0.2) is 14.4 Å². The molecule has 0 atom stereocenters. The van der Waals surface area contributed by atoms with Crippen LogP contribution in [-0.2, 0) is 6.54 Å². The van der Waals surface area contributed by atoms with Crippen molar-refractivity contribution in [3.05, 3.63) is 66.0 Å². The predicted octanol–water partition coefficient (Wildman–Crippen LogP) is 4.66. The molecular formula is C22H27FIN5O2. The summed E-state index contributed by atoms with van der Waals surface area (Å²) >= 11 is 0. The molecule has 0 unspecified atom stereocenters. The molecule has 0 radical (unpaired) electrons. The number of benzene rings is 2. The summed E-state index contributed by atoms with van der Waals surface area (Å²) in [7, 11) is 0. The van der Waals surface area contributed by atoms with Crippen LogP contribution in [-0.4, -0.2) is 28.7 Å². The second-order valence-corrected chi connectivity index (χ2v) is 6.48. The molecule has 0 amide bonds. The number of ether oxygens (including phenoxy) is 2. The van der Waals surface area contributed by atoms with Gasteiger partial charge in [0.05, 0.1) is 31.1 Å². The van der Waals surface area contributed by atoms with Crippen LogP contribution in [0.25, 0.3) is 5.69 Å². The van der Waals surface area contributed by atoms with Gasteiger partial charge >= 0.3 is 0 Å². The molecule has 0 fully saturated rings. The quantitative estimate of drug-likeness (QED) is 0.247. The van der Waals surface area contributed by atoms with Gasteiger partial charge in [-0.3, -0.25) is 0 Å². The molecule has 0 aliphatic rings. The van der Waals surface area contributed by atoms with Gasteiger partial charge in [0.1, 0.15) is 23.1 Å². The maximum atomic E-state index is 14.5. The number of halogens is 2. The molecule has 3 N–H and O–H groups in total. The number of rotatable bonds is 8. The highest BCUT2D eigenvalue weighted by atomic mass is 127. The average Bonchev–Trinajstić information content (AvgIpc) is 3.14. The van der Waals surface area contributed by atoms with Crippen LogP contribution in [0.5, 0.6) is 11.5 Å². The summed E-state index contributed by atoms with van der Waals surface area (Å²) < 4.78 is 27.4. The zero-order valence-corrected chi connectivity index (χ0v) is 20.1. The third-order valence-electron chi connectivity index (χ3n) is 4.35. The molecule has 7 nitrogen and oxygen atoms in total. The van der Waals surface area contributed by atoms with Gasteiger partial charge in [0.15, 0.2) is 5.96 Å². The molecule has 0 aliphatic heterocycles. The van der Waals surface area contributed by atoms with Crippen LogP contribution in [0.2, 0.25) is 0 Å². The Morgan fingerprint density at radius 2 is 1.94 bits per heavy atom. The topological polar surface area (TPSA) is 86.7 Å². The lowest BCUT2D eigenvalue weighted by atomic mass is 10.2. The third kappa shape index (κ3) is 6.33. The number of guanidine groups is 1. The fraction of sp³-hybridized carbons (Fsp3) is 0.273. The van der Waals surface area contributed by atoms with Gasteiger partial charge in [0.25, 0.3) is 0 Å². The number of imidazole rings is 1. The molecular weight excluding hydrogens is 512 g/mol. The Kier molecular flexibility index (Phi) is 9.10. The zero-order chi connectivity index (χ0) is 21.5. The Hall–Kier alpha value is -2.82. The number of aromatic nitrogens is 2. The van der Waals surface area contributed by atoms with E-state index in [9.17, 15) is 4.39 Å². The maximum absolute atomic E-state index is 14.5. The molecule has 166 valence electrons. The van der Waals surface area contributed by atoms with E-state index in [-0.39, 0.29) is 42.3 Å². The van der Waals surface area contributed by atoms with Crippen LogP contribution in [0, 0.1) is 12.7 Å². The molecule has 3 rings (SSSR count). The van der Waals surface area contributed by atoms with Crippen molar-refractivity contribution < 1.29 is 13.9 Å². The average molecular weight is 539 g/mol. The Morgan fingerprint density at radius 1 is 1.16 bits per heavy atom. The predicted molar refractivity (Wildman–Crippen MR) is 131 cm³/mol. The normalized spacial score (nSPS) is 11.0. The van der Waals surface area contributed by atoms with E-state index in [1.165, 1.54) is 6.07 Å².